The summed E-state index contributed by atoms with van der Waals surface area (Å²) in [7, 11) is 0.795. The van der Waals surface area contributed by atoms with Crippen molar-refractivity contribution in [1.29, 1.82) is 0 Å². The van der Waals surface area contributed by atoms with E-state index in [4.69, 9.17) is 0 Å². The van der Waals surface area contributed by atoms with Crippen LogP contribution in [0.5, 0.6) is 0 Å². The van der Waals surface area contributed by atoms with Crippen molar-refractivity contribution in [2.45, 2.75) is 92.9 Å². The monoisotopic (exact) mass is 875 g/mol. The van der Waals surface area contributed by atoms with Crippen LogP contribution in [-0.4, -0.2) is 9.52 Å². The Kier molecular flexibility index (Phi) is 16.5. The first-order chi connectivity index (χ1) is 28.8. The zero-order chi connectivity index (χ0) is 41.1. The molecule has 0 bridgehead atoms. The van der Waals surface area contributed by atoms with Crippen LogP contribution in [0.4, 0.5) is 0 Å². The van der Waals surface area contributed by atoms with Gasteiger partial charge in [0.15, 0.2) is 0 Å². The summed E-state index contributed by atoms with van der Waals surface area (Å²) in [5, 5.41) is 8.41. The van der Waals surface area contributed by atoms with Crippen molar-refractivity contribution in [3.05, 3.63) is 180 Å². The largest absolute Gasteiger partial charge is 3.00 e. The summed E-state index contributed by atoms with van der Waals surface area (Å²) in [5.74, 6) is 1.35. The van der Waals surface area contributed by atoms with E-state index in [1.54, 1.807) is 0 Å². The Balaban J connectivity index is 0.000000155. The van der Waals surface area contributed by atoms with Crippen molar-refractivity contribution < 1.29 is 26.2 Å². The minimum Gasteiger partial charge on any atom is -0.184 e. The molecule has 8 aromatic rings. The number of rotatable bonds is 12. The second-order valence-corrected chi connectivity index (χ2v) is 18.5. The standard InChI is InChI=1S/2C23H27.C12H7Si.Zr/c2*1-4-5-9-18-15-20-11-8-13-22(23(20)16-18)21-12-7-6-10-19(21)14-17(2)3;1-3-7-11-9(5-1)10-6-2-4-8-12(10)13-11;/h2*6-8,10-13,15-17H,4-5,9,14H2,1-3H3;1-7H;/q3*-1;+3. The number of unbranched alkanes of at least 4 members (excludes halogenated alkanes) is 2. The van der Waals surface area contributed by atoms with Crippen LogP contribution in [0.2, 0.25) is 0 Å². The maximum absolute atomic E-state index is 3.31. The molecule has 60 heavy (non-hydrogen) atoms. The zero-order valence-electron chi connectivity index (χ0n) is 36.7. The predicted molar refractivity (Wildman–Crippen MR) is 260 cm³/mol. The van der Waals surface area contributed by atoms with E-state index in [1.807, 2.05) is 6.07 Å². The fourth-order valence-corrected chi connectivity index (χ4v) is 9.95. The molecule has 0 saturated carbocycles. The minimum atomic E-state index is 0. The second kappa shape index (κ2) is 21.9. The average molecular weight is 877 g/mol. The van der Waals surface area contributed by atoms with E-state index in [9.17, 15) is 0 Å². The van der Waals surface area contributed by atoms with Gasteiger partial charge in [-0.2, -0.15) is 41.6 Å². The van der Waals surface area contributed by atoms with E-state index >= 15 is 0 Å². The van der Waals surface area contributed by atoms with Gasteiger partial charge in [0.05, 0.1) is 9.52 Å². The molecule has 0 fully saturated rings. The van der Waals surface area contributed by atoms with E-state index in [0.29, 0.717) is 11.8 Å². The van der Waals surface area contributed by atoms with Crippen LogP contribution in [0.25, 0.3) is 54.9 Å². The van der Waals surface area contributed by atoms with Gasteiger partial charge in [0, 0.05) is 0 Å². The summed E-state index contributed by atoms with van der Waals surface area (Å²) < 4.78 is 0. The fraction of sp³-hybridized carbons (Fsp3) is 0.276. The normalized spacial score (nSPS) is 11.5. The third-order valence-electron chi connectivity index (χ3n) is 11.5. The van der Waals surface area contributed by atoms with Gasteiger partial charge >= 0.3 is 26.2 Å². The smallest absolute Gasteiger partial charge is 0.184 e. The SMILES string of the molecule is CCCCc1cc2c(-c3ccccc3CC(C)C)cccc2[cH-]1.CCCCc1cc2c(-c3ccccc3CC(C)C)cccc2[cH-]1.[Zr+3].[c-]1cccc2c1[Si]c1ccccc1-2. The molecule has 2 heteroatoms. The van der Waals surface area contributed by atoms with Crippen LogP contribution >= 0.6 is 0 Å². The maximum Gasteiger partial charge on any atom is 3.00 e. The summed E-state index contributed by atoms with van der Waals surface area (Å²) in [6.07, 6.45) is 9.71. The second-order valence-electron chi connectivity index (χ2n) is 17.2. The van der Waals surface area contributed by atoms with E-state index in [2.05, 4.69) is 193 Å². The molecule has 9 rings (SSSR count). The van der Waals surface area contributed by atoms with Crippen molar-refractivity contribution in [3.8, 4) is 33.4 Å². The number of hydrogen-bond donors (Lipinski definition) is 0. The molecule has 0 nitrogen and oxygen atoms in total. The molecule has 0 spiro atoms. The van der Waals surface area contributed by atoms with Crippen LogP contribution in [0.1, 0.15) is 89.5 Å². The molecule has 3 radical (unpaired) electrons. The zero-order valence-corrected chi connectivity index (χ0v) is 40.2. The van der Waals surface area contributed by atoms with Crippen LogP contribution in [-0.2, 0) is 51.9 Å². The van der Waals surface area contributed by atoms with Gasteiger partial charge in [-0.15, -0.1) is 74.6 Å². The topological polar surface area (TPSA) is 0 Å². The first-order valence-corrected chi connectivity index (χ1v) is 23.2. The molecule has 8 aromatic carbocycles. The predicted octanol–water partition coefficient (Wildman–Crippen LogP) is 14.7. The van der Waals surface area contributed by atoms with Crippen molar-refractivity contribution in [3.63, 3.8) is 0 Å². The van der Waals surface area contributed by atoms with Crippen molar-refractivity contribution in [2.24, 2.45) is 11.8 Å². The van der Waals surface area contributed by atoms with E-state index < -0.39 is 0 Å². The third-order valence-corrected chi connectivity index (χ3v) is 12.8. The van der Waals surface area contributed by atoms with E-state index in [-0.39, 0.29) is 26.2 Å². The van der Waals surface area contributed by atoms with Gasteiger partial charge in [-0.05, 0) is 59.8 Å². The molecule has 0 amide bonds. The molecular weight excluding hydrogens is 816 g/mol. The Labute approximate surface area is 383 Å². The van der Waals surface area contributed by atoms with Gasteiger partial charge in [-0.1, -0.05) is 174 Å². The Hall–Kier alpha value is -4.36. The van der Waals surface area contributed by atoms with E-state index in [0.717, 1.165) is 22.4 Å². The molecule has 0 N–H and O–H groups in total. The van der Waals surface area contributed by atoms with Crippen LogP contribution in [0.15, 0.2) is 152 Å². The number of hydrogen-bond acceptors (Lipinski definition) is 0. The molecule has 0 aliphatic carbocycles. The van der Waals surface area contributed by atoms with Crippen molar-refractivity contribution in [1.82, 2.24) is 0 Å². The first-order valence-electron chi connectivity index (χ1n) is 22.2. The fourth-order valence-electron chi connectivity index (χ4n) is 8.64. The van der Waals surface area contributed by atoms with Crippen LogP contribution < -0.4 is 10.4 Å². The Bertz CT molecular complexity index is 2400. The molecule has 1 heterocycles. The van der Waals surface area contributed by atoms with Gasteiger partial charge in [0.25, 0.3) is 0 Å². The van der Waals surface area contributed by atoms with Crippen LogP contribution in [0.3, 0.4) is 0 Å². The Morgan fingerprint density at radius 3 is 1.45 bits per heavy atom. The molecule has 0 atom stereocenters. The van der Waals surface area contributed by atoms with Gasteiger partial charge in [-0.25, -0.2) is 0 Å². The quantitative estimate of drug-likeness (QED) is 0.0847. The summed E-state index contributed by atoms with van der Waals surface area (Å²) in [4.78, 5) is 0. The molecule has 0 unspecified atom stereocenters. The van der Waals surface area contributed by atoms with Gasteiger partial charge in [-0.3, -0.25) is 0 Å². The molecule has 1 aliphatic rings. The molecule has 0 saturated heterocycles. The van der Waals surface area contributed by atoms with Gasteiger partial charge < -0.3 is 0 Å². The molecule has 301 valence electrons. The summed E-state index contributed by atoms with van der Waals surface area (Å²) in [6.45, 7) is 13.7. The minimum absolute atomic E-state index is 0. The summed E-state index contributed by atoms with van der Waals surface area (Å²) in [5.41, 5.74) is 14.2. The Morgan fingerprint density at radius 2 is 0.950 bits per heavy atom. The van der Waals surface area contributed by atoms with E-state index in [1.165, 1.54) is 126 Å². The van der Waals surface area contributed by atoms with Gasteiger partial charge in [0.2, 0.25) is 0 Å². The summed E-state index contributed by atoms with van der Waals surface area (Å²) >= 11 is 0. The number of benzene rings is 6. The molecular formula is C58H61SiZr. The van der Waals surface area contributed by atoms with Crippen molar-refractivity contribution >= 4 is 41.4 Å². The Morgan fingerprint density at radius 1 is 0.500 bits per heavy atom. The number of fused-ring (bicyclic) bond motifs is 5. The summed E-state index contributed by atoms with van der Waals surface area (Å²) in [6, 6.07) is 59.0. The molecule has 0 aromatic heterocycles. The maximum atomic E-state index is 3.31. The number of aryl methyl sites for hydroxylation is 2. The third kappa shape index (κ3) is 11.1. The van der Waals surface area contributed by atoms with Crippen LogP contribution in [0, 0.1) is 17.9 Å². The van der Waals surface area contributed by atoms with Gasteiger partial charge in [0.1, 0.15) is 0 Å². The molecule has 1 aliphatic heterocycles. The van der Waals surface area contributed by atoms with Crippen molar-refractivity contribution in [2.75, 3.05) is 0 Å². The average Bonchev–Trinajstić information content (AvgIpc) is 3.98. The first kappa shape index (κ1) is 45.2.